The van der Waals surface area contributed by atoms with Crippen LogP contribution in [-0.2, 0) is 9.59 Å². The van der Waals surface area contributed by atoms with Gasteiger partial charge in [-0.25, -0.2) is 9.69 Å². The van der Waals surface area contributed by atoms with E-state index >= 15 is 0 Å². The van der Waals surface area contributed by atoms with Crippen molar-refractivity contribution in [3.05, 3.63) is 93.1 Å². The Kier molecular flexibility index (Phi) is 6.79. The average molecular weight is 518 g/mol. The van der Waals surface area contributed by atoms with Gasteiger partial charge in [0, 0.05) is 16.8 Å². The van der Waals surface area contributed by atoms with Gasteiger partial charge in [-0.05, 0) is 54.6 Å². The van der Waals surface area contributed by atoms with Crippen molar-refractivity contribution < 1.29 is 23.9 Å². The van der Waals surface area contributed by atoms with Gasteiger partial charge in [0.15, 0.2) is 0 Å². The molecule has 2 amide bonds. The van der Waals surface area contributed by atoms with E-state index in [0.29, 0.717) is 22.2 Å². The van der Waals surface area contributed by atoms with Crippen LogP contribution in [0, 0.1) is 0 Å². The summed E-state index contributed by atoms with van der Waals surface area (Å²) >= 11 is 18.2. The number of carbonyl (C=O) groups excluding carboxylic acids is 3. The van der Waals surface area contributed by atoms with Gasteiger partial charge in [0.2, 0.25) is 0 Å². The molecule has 172 valence electrons. The number of esters is 1. The molecule has 0 aliphatic carbocycles. The predicted molar refractivity (Wildman–Crippen MR) is 130 cm³/mol. The summed E-state index contributed by atoms with van der Waals surface area (Å²) in [7, 11) is 1.51. The Morgan fingerprint density at radius 3 is 2.26 bits per heavy atom. The summed E-state index contributed by atoms with van der Waals surface area (Å²) in [6, 6.07) is 17.1. The molecule has 1 aliphatic heterocycles. The van der Waals surface area contributed by atoms with Gasteiger partial charge < -0.3 is 14.8 Å². The first-order valence-electron chi connectivity index (χ1n) is 9.75. The molecule has 1 N–H and O–H groups in total. The number of amides is 2. The molecule has 4 rings (SSSR count). The fourth-order valence-corrected chi connectivity index (χ4v) is 3.86. The first-order chi connectivity index (χ1) is 16.3. The fourth-order valence-electron chi connectivity index (χ4n) is 3.16. The second-order valence-corrected chi connectivity index (χ2v) is 8.22. The molecule has 1 heterocycles. The van der Waals surface area contributed by atoms with E-state index in [-0.39, 0.29) is 27.0 Å². The molecule has 1 aliphatic rings. The third kappa shape index (κ3) is 4.72. The van der Waals surface area contributed by atoms with E-state index in [4.69, 9.17) is 44.3 Å². The number of nitrogens with one attached hydrogen (secondary N) is 1. The van der Waals surface area contributed by atoms with Crippen molar-refractivity contribution in [1.82, 2.24) is 0 Å². The zero-order chi connectivity index (χ0) is 24.4. The molecule has 0 saturated carbocycles. The molecule has 0 bridgehead atoms. The van der Waals surface area contributed by atoms with Crippen LogP contribution in [0.3, 0.4) is 0 Å². The maximum atomic E-state index is 12.9. The average Bonchev–Trinajstić information content (AvgIpc) is 3.03. The van der Waals surface area contributed by atoms with Gasteiger partial charge in [0.25, 0.3) is 11.8 Å². The summed E-state index contributed by atoms with van der Waals surface area (Å²) < 4.78 is 10.5. The van der Waals surface area contributed by atoms with Gasteiger partial charge in [0.05, 0.1) is 23.4 Å². The molecular weight excluding hydrogens is 503 g/mol. The number of carbonyl (C=O) groups is 3. The number of nitrogens with zero attached hydrogens (tertiary/aromatic N) is 1. The van der Waals surface area contributed by atoms with Crippen LogP contribution in [0.5, 0.6) is 11.5 Å². The van der Waals surface area contributed by atoms with Crippen LogP contribution in [-0.4, -0.2) is 24.9 Å². The number of halogens is 3. The maximum Gasteiger partial charge on any atom is 0.343 e. The summed E-state index contributed by atoms with van der Waals surface area (Å²) in [4.78, 5) is 38.8. The summed E-state index contributed by atoms with van der Waals surface area (Å²) in [6.07, 6.45) is 0. The van der Waals surface area contributed by atoms with Crippen molar-refractivity contribution in [2.75, 3.05) is 17.3 Å². The van der Waals surface area contributed by atoms with Crippen molar-refractivity contribution in [2.24, 2.45) is 0 Å². The summed E-state index contributed by atoms with van der Waals surface area (Å²) in [5, 5.41) is 3.02. The molecule has 0 radical (unpaired) electrons. The number of hydrogen-bond acceptors (Lipinski definition) is 6. The Morgan fingerprint density at radius 2 is 1.59 bits per heavy atom. The molecule has 10 heteroatoms. The number of hydrogen-bond donors (Lipinski definition) is 1. The van der Waals surface area contributed by atoms with Crippen molar-refractivity contribution in [3.63, 3.8) is 0 Å². The molecular formula is C24H15Cl3N2O5. The van der Waals surface area contributed by atoms with Crippen LogP contribution >= 0.6 is 34.8 Å². The SMILES string of the molecule is COc1cccc(OC(=O)c2ccc(NC3=C(Cl)C(=O)N(c4ccc(Cl)cc4Cl)C3=O)cc2)c1. The lowest BCUT2D eigenvalue weighted by Gasteiger charge is -2.16. The lowest BCUT2D eigenvalue weighted by Crippen LogP contribution is -2.32. The van der Waals surface area contributed by atoms with Gasteiger partial charge in [-0.3, -0.25) is 9.59 Å². The third-order valence-corrected chi connectivity index (χ3v) is 5.71. The molecule has 0 atom stereocenters. The zero-order valence-corrected chi connectivity index (χ0v) is 19.7. The minimum Gasteiger partial charge on any atom is -0.497 e. The quantitative estimate of drug-likeness (QED) is 0.258. The maximum absolute atomic E-state index is 12.9. The van der Waals surface area contributed by atoms with Gasteiger partial charge in [-0.2, -0.15) is 0 Å². The number of methoxy groups -OCH3 is 1. The van der Waals surface area contributed by atoms with Crippen molar-refractivity contribution in [2.45, 2.75) is 0 Å². The van der Waals surface area contributed by atoms with Gasteiger partial charge >= 0.3 is 5.97 Å². The van der Waals surface area contributed by atoms with Crippen LogP contribution < -0.4 is 19.7 Å². The highest BCUT2D eigenvalue weighted by Crippen LogP contribution is 2.35. The highest BCUT2D eigenvalue weighted by Gasteiger charge is 2.39. The van der Waals surface area contributed by atoms with Crippen molar-refractivity contribution in [3.8, 4) is 11.5 Å². The third-order valence-electron chi connectivity index (χ3n) is 4.82. The summed E-state index contributed by atoms with van der Waals surface area (Å²) in [5.74, 6) is -1.09. The smallest absolute Gasteiger partial charge is 0.343 e. The van der Waals surface area contributed by atoms with Crippen molar-refractivity contribution in [1.29, 1.82) is 0 Å². The number of ether oxygens (including phenoxy) is 2. The Bertz CT molecular complexity index is 1340. The highest BCUT2D eigenvalue weighted by atomic mass is 35.5. The Labute approximate surface area is 209 Å². The van der Waals surface area contributed by atoms with E-state index in [2.05, 4.69) is 5.32 Å². The topological polar surface area (TPSA) is 84.9 Å². The minimum atomic E-state index is -0.725. The second-order valence-electron chi connectivity index (χ2n) is 7.00. The lowest BCUT2D eigenvalue weighted by molar-refractivity contribution is -0.120. The normalized spacial score (nSPS) is 13.4. The minimum absolute atomic E-state index is 0.121. The van der Waals surface area contributed by atoms with Crippen molar-refractivity contribution >= 4 is 64.0 Å². The lowest BCUT2D eigenvalue weighted by atomic mass is 10.2. The number of anilines is 2. The molecule has 34 heavy (non-hydrogen) atoms. The number of benzene rings is 3. The fraction of sp³-hybridized carbons (Fsp3) is 0.0417. The van der Waals surface area contributed by atoms with E-state index in [9.17, 15) is 14.4 Å². The molecule has 7 nitrogen and oxygen atoms in total. The predicted octanol–water partition coefficient (Wildman–Crippen LogP) is 5.66. The highest BCUT2D eigenvalue weighted by molar-refractivity contribution is 6.53. The van der Waals surface area contributed by atoms with Gasteiger partial charge in [-0.1, -0.05) is 40.9 Å². The number of imide groups is 1. The van der Waals surface area contributed by atoms with Crippen LogP contribution in [0.2, 0.25) is 10.0 Å². The van der Waals surface area contributed by atoms with E-state index < -0.39 is 17.8 Å². The molecule has 0 spiro atoms. The van der Waals surface area contributed by atoms with E-state index in [0.717, 1.165) is 4.90 Å². The molecule has 3 aromatic carbocycles. The van der Waals surface area contributed by atoms with Crippen LogP contribution in [0.15, 0.2) is 77.5 Å². The summed E-state index contributed by atoms with van der Waals surface area (Å²) in [6.45, 7) is 0. The molecule has 0 saturated heterocycles. The van der Waals surface area contributed by atoms with Crippen LogP contribution in [0.25, 0.3) is 0 Å². The first kappa shape index (κ1) is 23.6. The Hall–Kier alpha value is -3.52. The second kappa shape index (κ2) is 9.77. The monoisotopic (exact) mass is 516 g/mol. The largest absolute Gasteiger partial charge is 0.497 e. The van der Waals surface area contributed by atoms with Crippen LogP contribution in [0.4, 0.5) is 11.4 Å². The molecule has 3 aromatic rings. The molecule has 0 aromatic heterocycles. The van der Waals surface area contributed by atoms with Gasteiger partial charge in [-0.15, -0.1) is 0 Å². The first-order valence-corrected chi connectivity index (χ1v) is 10.9. The Balaban J connectivity index is 1.49. The molecule has 0 fully saturated rings. The standard InChI is InChI=1S/C24H15Cl3N2O5/c1-33-16-3-2-4-17(12-16)34-24(32)13-5-8-15(9-6-13)28-21-20(27)22(30)29(23(21)31)19-10-7-14(25)11-18(19)26/h2-12,28H,1H3. The zero-order valence-electron chi connectivity index (χ0n) is 17.5. The summed E-state index contributed by atoms with van der Waals surface area (Å²) in [5.41, 5.74) is 0.740. The molecule has 0 unspecified atom stereocenters. The number of rotatable bonds is 6. The van der Waals surface area contributed by atoms with E-state index in [1.807, 2.05) is 0 Å². The Morgan fingerprint density at radius 1 is 0.882 bits per heavy atom. The van der Waals surface area contributed by atoms with E-state index in [1.54, 1.807) is 36.4 Å². The van der Waals surface area contributed by atoms with Crippen LogP contribution in [0.1, 0.15) is 10.4 Å². The van der Waals surface area contributed by atoms with Gasteiger partial charge in [0.1, 0.15) is 22.2 Å². The van der Waals surface area contributed by atoms with E-state index in [1.165, 1.54) is 37.4 Å².